The Morgan fingerprint density at radius 1 is 1.26 bits per heavy atom. The minimum atomic E-state index is -1.10. The van der Waals surface area contributed by atoms with Gasteiger partial charge in [-0.2, -0.15) is 0 Å². The molecule has 2 aromatic rings. The average Bonchev–Trinajstić information content (AvgIpc) is 2.41. The molecule has 0 saturated carbocycles. The first-order valence-corrected chi connectivity index (χ1v) is 5.59. The molecule has 0 saturated heterocycles. The van der Waals surface area contributed by atoms with Crippen molar-refractivity contribution < 1.29 is 14.6 Å². The summed E-state index contributed by atoms with van der Waals surface area (Å²) in [6.45, 7) is 1.93. The van der Waals surface area contributed by atoms with Crippen molar-refractivity contribution in [3.05, 3.63) is 41.6 Å². The quantitative estimate of drug-likeness (QED) is 0.875. The van der Waals surface area contributed by atoms with Crippen LogP contribution < -0.4 is 10.1 Å². The molecule has 2 N–H and O–H groups in total. The lowest BCUT2D eigenvalue weighted by Gasteiger charge is -2.09. The molecule has 0 atom stereocenters. The second-order valence-electron chi connectivity index (χ2n) is 3.91. The van der Waals surface area contributed by atoms with Crippen LogP contribution in [-0.2, 0) is 0 Å². The van der Waals surface area contributed by atoms with E-state index in [0.29, 0.717) is 5.82 Å². The van der Waals surface area contributed by atoms with Gasteiger partial charge < -0.3 is 15.2 Å². The SMILES string of the molecule is COc1ccc(Nc2ccc(C(=O)O)nn2)c(C)c1. The highest BCUT2D eigenvalue weighted by Crippen LogP contribution is 2.23. The number of ether oxygens (including phenoxy) is 1. The summed E-state index contributed by atoms with van der Waals surface area (Å²) >= 11 is 0. The number of nitrogens with zero attached hydrogens (tertiary/aromatic N) is 2. The molecule has 6 nitrogen and oxygen atoms in total. The van der Waals surface area contributed by atoms with Gasteiger partial charge in [0.05, 0.1) is 7.11 Å². The van der Waals surface area contributed by atoms with Crippen molar-refractivity contribution in [2.24, 2.45) is 0 Å². The average molecular weight is 259 g/mol. The van der Waals surface area contributed by atoms with Crippen molar-refractivity contribution in [1.82, 2.24) is 10.2 Å². The maximum absolute atomic E-state index is 10.7. The Morgan fingerprint density at radius 2 is 2.05 bits per heavy atom. The molecule has 0 aliphatic rings. The second-order valence-corrected chi connectivity index (χ2v) is 3.91. The summed E-state index contributed by atoms with van der Waals surface area (Å²) in [4.78, 5) is 10.7. The van der Waals surface area contributed by atoms with Crippen molar-refractivity contribution in [2.75, 3.05) is 12.4 Å². The first-order chi connectivity index (χ1) is 9.10. The molecule has 0 unspecified atom stereocenters. The first-order valence-electron chi connectivity index (χ1n) is 5.59. The van der Waals surface area contributed by atoms with Crippen molar-refractivity contribution >= 4 is 17.5 Å². The molecular weight excluding hydrogens is 246 g/mol. The van der Waals surface area contributed by atoms with Crippen molar-refractivity contribution in [1.29, 1.82) is 0 Å². The minimum absolute atomic E-state index is 0.0861. The van der Waals surface area contributed by atoms with Gasteiger partial charge in [0.2, 0.25) is 0 Å². The second kappa shape index (κ2) is 5.34. The summed E-state index contributed by atoms with van der Waals surface area (Å²) in [6.07, 6.45) is 0. The van der Waals surface area contributed by atoms with Gasteiger partial charge in [-0.15, -0.1) is 10.2 Å². The number of carboxylic acids is 1. The van der Waals surface area contributed by atoms with E-state index >= 15 is 0 Å². The Hall–Kier alpha value is -2.63. The van der Waals surface area contributed by atoms with E-state index in [2.05, 4.69) is 15.5 Å². The van der Waals surface area contributed by atoms with E-state index in [-0.39, 0.29) is 5.69 Å². The third kappa shape index (κ3) is 2.98. The zero-order valence-corrected chi connectivity index (χ0v) is 10.5. The van der Waals surface area contributed by atoms with Crippen LogP contribution in [0.25, 0.3) is 0 Å². The molecular formula is C13H13N3O3. The summed E-state index contributed by atoms with van der Waals surface area (Å²) in [6, 6.07) is 8.55. The first kappa shape index (κ1) is 12.8. The number of aryl methyl sites for hydroxylation is 1. The van der Waals surface area contributed by atoms with Gasteiger partial charge in [0.25, 0.3) is 0 Å². The Bertz CT molecular complexity index is 597. The molecule has 2 rings (SSSR count). The maximum Gasteiger partial charge on any atom is 0.356 e. The minimum Gasteiger partial charge on any atom is -0.497 e. The van der Waals surface area contributed by atoms with Crippen LogP contribution in [0.3, 0.4) is 0 Å². The van der Waals surface area contributed by atoms with E-state index in [1.165, 1.54) is 6.07 Å². The van der Waals surface area contributed by atoms with Crippen LogP contribution in [0.2, 0.25) is 0 Å². The van der Waals surface area contributed by atoms with Crippen LogP contribution in [0.5, 0.6) is 5.75 Å². The number of aromatic nitrogens is 2. The Balaban J connectivity index is 2.19. The summed E-state index contributed by atoms with van der Waals surface area (Å²) in [5.41, 5.74) is 1.76. The number of methoxy groups -OCH3 is 1. The molecule has 6 heteroatoms. The van der Waals surface area contributed by atoms with Crippen LogP contribution in [0.4, 0.5) is 11.5 Å². The lowest BCUT2D eigenvalue weighted by molar-refractivity contribution is 0.0689. The van der Waals surface area contributed by atoms with E-state index in [9.17, 15) is 4.79 Å². The van der Waals surface area contributed by atoms with Crippen LogP contribution in [0.15, 0.2) is 30.3 Å². The van der Waals surface area contributed by atoms with Crippen molar-refractivity contribution in [3.8, 4) is 5.75 Å². The number of nitrogens with one attached hydrogen (secondary N) is 1. The fraction of sp³-hybridized carbons (Fsp3) is 0.154. The fourth-order valence-corrected chi connectivity index (χ4v) is 1.55. The molecule has 0 fully saturated rings. The van der Waals surface area contributed by atoms with Crippen LogP contribution in [-0.4, -0.2) is 28.4 Å². The Labute approximate surface area is 110 Å². The van der Waals surface area contributed by atoms with Gasteiger partial charge in [-0.1, -0.05) is 0 Å². The summed E-state index contributed by atoms with van der Waals surface area (Å²) in [7, 11) is 1.61. The van der Waals surface area contributed by atoms with E-state index in [1.807, 2.05) is 25.1 Å². The van der Waals surface area contributed by atoms with E-state index in [0.717, 1.165) is 17.0 Å². The summed E-state index contributed by atoms with van der Waals surface area (Å²) < 4.78 is 5.12. The van der Waals surface area contributed by atoms with Crippen LogP contribution in [0.1, 0.15) is 16.1 Å². The zero-order chi connectivity index (χ0) is 13.8. The van der Waals surface area contributed by atoms with Gasteiger partial charge in [0.15, 0.2) is 11.5 Å². The fourth-order valence-electron chi connectivity index (χ4n) is 1.55. The maximum atomic E-state index is 10.7. The number of aromatic carboxylic acids is 1. The molecule has 1 aromatic carbocycles. The number of hydrogen-bond donors (Lipinski definition) is 2. The third-order valence-corrected chi connectivity index (χ3v) is 2.58. The number of hydrogen-bond acceptors (Lipinski definition) is 5. The van der Waals surface area contributed by atoms with Crippen LogP contribution in [0, 0.1) is 6.92 Å². The Kier molecular flexibility index (Phi) is 3.61. The highest BCUT2D eigenvalue weighted by Gasteiger charge is 2.06. The monoisotopic (exact) mass is 259 g/mol. The standard InChI is InChI=1S/C13H13N3O3/c1-8-7-9(19-2)3-4-10(8)14-12-6-5-11(13(17)18)15-16-12/h3-7H,1-2H3,(H,14,16)(H,17,18). The predicted molar refractivity (Wildman–Crippen MR) is 70.0 cm³/mol. The lowest BCUT2D eigenvalue weighted by Crippen LogP contribution is -2.04. The molecule has 0 bridgehead atoms. The van der Waals surface area contributed by atoms with Crippen molar-refractivity contribution in [2.45, 2.75) is 6.92 Å². The van der Waals surface area contributed by atoms with E-state index in [4.69, 9.17) is 9.84 Å². The highest BCUT2D eigenvalue weighted by atomic mass is 16.5. The number of carbonyl (C=O) groups is 1. The number of benzene rings is 1. The predicted octanol–water partition coefficient (Wildman–Crippen LogP) is 2.24. The molecule has 19 heavy (non-hydrogen) atoms. The molecule has 98 valence electrons. The molecule has 0 radical (unpaired) electrons. The normalized spacial score (nSPS) is 10.0. The smallest absolute Gasteiger partial charge is 0.356 e. The highest BCUT2D eigenvalue weighted by molar-refractivity contribution is 5.85. The molecule has 0 aliphatic carbocycles. The van der Waals surface area contributed by atoms with Crippen LogP contribution >= 0.6 is 0 Å². The largest absolute Gasteiger partial charge is 0.497 e. The molecule has 1 heterocycles. The van der Waals surface area contributed by atoms with Gasteiger partial charge in [-0.25, -0.2) is 4.79 Å². The Morgan fingerprint density at radius 3 is 2.58 bits per heavy atom. The summed E-state index contributed by atoms with van der Waals surface area (Å²) in [5.74, 6) is 0.160. The molecule has 0 spiro atoms. The number of carboxylic acid groups (broad SMARTS) is 1. The number of anilines is 2. The topological polar surface area (TPSA) is 84.3 Å². The van der Waals surface area contributed by atoms with Gasteiger partial charge >= 0.3 is 5.97 Å². The van der Waals surface area contributed by atoms with Gasteiger partial charge in [-0.05, 0) is 42.8 Å². The van der Waals surface area contributed by atoms with E-state index in [1.54, 1.807) is 13.2 Å². The third-order valence-electron chi connectivity index (χ3n) is 2.58. The van der Waals surface area contributed by atoms with Gasteiger partial charge in [0, 0.05) is 5.69 Å². The zero-order valence-electron chi connectivity index (χ0n) is 10.5. The lowest BCUT2D eigenvalue weighted by atomic mass is 10.2. The molecule has 0 amide bonds. The van der Waals surface area contributed by atoms with Gasteiger partial charge in [0.1, 0.15) is 5.75 Å². The molecule has 1 aromatic heterocycles. The molecule has 0 aliphatic heterocycles. The van der Waals surface area contributed by atoms with E-state index < -0.39 is 5.97 Å². The number of rotatable bonds is 4. The van der Waals surface area contributed by atoms with Gasteiger partial charge in [-0.3, -0.25) is 0 Å². The summed E-state index contributed by atoms with van der Waals surface area (Å²) in [5, 5.41) is 19.2. The van der Waals surface area contributed by atoms with Crippen molar-refractivity contribution in [3.63, 3.8) is 0 Å².